The molecule has 0 unspecified atom stereocenters. The molecule has 0 bridgehead atoms. The average Bonchev–Trinajstić information content (AvgIpc) is 2.88. The Bertz CT molecular complexity index is 878. The summed E-state index contributed by atoms with van der Waals surface area (Å²) in [6.07, 6.45) is 1.84. The van der Waals surface area contributed by atoms with E-state index in [-0.39, 0.29) is 11.7 Å². The van der Waals surface area contributed by atoms with Gasteiger partial charge in [-0.25, -0.2) is 4.39 Å². The van der Waals surface area contributed by atoms with Gasteiger partial charge in [0.1, 0.15) is 22.5 Å². The van der Waals surface area contributed by atoms with Gasteiger partial charge >= 0.3 is 0 Å². The van der Waals surface area contributed by atoms with Gasteiger partial charge in [-0.2, -0.15) is 0 Å². The molecule has 0 saturated carbocycles. The fraction of sp³-hybridized carbons (Fsp3) is 0.238. The Morgan fingerprint density at radius 2 is 1.96 bits per heavy atom. The highest BCUT2D eigenvalue weighted by Crippen LogP contribution is 2.33. The molecule has 0 atom stereocenters. The van der Waals surface area contributed by atoms with Crippen LogP contribution in [0, 0.1) is 11.7 Å². The van der Waals surface area contributed by atoms with Gasteiger partial charge in [0.25, 0.3) is 5.91 Å². The number of rotatable bonds is 6. The van der Waals surface area contributed by atoms with Gasteiger partial charge in [0, 0.05) is 6.54 Å². The number of nitrogens with zero attached hydrogens (tertiary/aromatic N) is 1. The molecule has 1 heterocycles. The number of benzene rings is 2. The van der Waals surface area contributed by atoms with Crippen molar-refractivity contribution in [2.45, 2.75) is 20.5 Å². The van der Waals surface area contributed by atoms with E-state index in [1.165, 1.54) is 23.9 Å². The van der Waals surface area contributed by atoms with Crippen LogP contribution in [0.3, 0.4) is 0 Å². The minimum Gasteiger partial charge on any atom is -0.489 e. The summed E-state index contributed by atoms with van der Waals surface area (Å²) in [5.41, 5.74) is 1.67. The average molecular weight is 402 g/mol. The molecule has 1 aliphatic heterocycles. The van der Waals surface area contributed by atoms with Crippen LogP contribution < -0.4 is 4.74 Å². The van der Waals surface area contributed by atoms with E-state index in [2.05, 4.69) is 13.8 Å². The quantitative estimate of drug-likeness (QED) is 0.488. The third-order valence-corrected chi connectivity index (χ3v) is 5.27. The first-order valence-corrected chi connectivity index (χ1v) is 9.87. The van der Waals surface area contributed by atoms with Crippen LogP contribution in [0.15, 0.2) is 53.4 Å². The molecule has 2 aromatic carbocycles. The molecule has 27 heavy (non-hydrogen) atoms. The molecule has 3 rings (SSSR count). The van der Waals surface area contributed by atoms with Gasteiger partial charge in [-0.3, -0.25) is 9.69 Å². The summed E-state index contributed by atoms with van der Waals surface area (Å²) in [6, 6.07) is 13.8. The summed E-state index contributed by atoms with van der Waals surface area (Å²) in [6.45, 7) is 5.05. The Balaban J connectivity index is 1.64. The molecule has 0 spiro atoms. The lowest BCUT2D eigenvalue weighted by atomic mass is 10.2. The number of thiocarbonyl (C=S) groups is 1. The zero-order chi connectivity index (χ0) is 19.4. The summed E-state index contributed by atoms with van der Waals surface area (Å²) < 4.78 is 19.5. The van der Waals surface area contributed by atoms with Crippen LogP contribution in [0.1, 0.15) is 25.0 Å². The fourth-order valence-corrected chi connectivity index (χ4v) is 3.90. The zero-order valence-electron chi connectivity index (χ0n) is 15.1. The minimum atomic E-state index is -0.277. The summed E-state index contributed by atoms with van der Waals surface area (Å²) in [5.74, 6) is 0.733. The summed E-state index contributed by atoms with van der Waals surface area (Å²) in [4.78, 5) is 14.8. The standard InChI is InChI=1S/C21H20FNO2S2/c1-14(2)12-23-20(24)19(27-21(23)26)11-15-6-8-18(9-7-15)25-13-16-4-3-5-17(22)10-16/h3-11,14H,12-13H2,1-2H3/b19-11-. The second-order valence-corrected chi connectivity index (χ2v) is 8.35. The van der Waals surface area contributed by atoms with E-state index in [0.717, 1.165) is 11.1 Å². The van der Waals surface area contributed by atoms with Crippen LogP contribution >= 0.6 is 24.0 Å². The van der Waals surface area contributed by atoms with Crippen LogP contribution in [0.5, 0.6) is 5.75 Å². The van der Waals surface area contributed by atoms with Gasteiger partial charge in [0.15, 0.2) is 0 Å². The van der Waals surface area contributed by atoms with Crippen molar-refractivity contribution >= 4 is 40.3 Å². The second kappa shape index (κ2) is 8.67. The SMILES string of the molecule is CC(C)CN1C(=O)/C(=C/c2ccc(OCc3cccc(F)c3)cc2)SC1=S. The number of hydrogen-bond donors (Lipinski definition) is 0. The van der Waals surface area contributed by atoms with Crippen molar-refractivity contribution in [1.82, 2.24) is 4.90 Å². The molecule has 3 nitrogen and oxygen atoms in total. The topological polar surface area (TPSA) is 29.5 Å². The third kappa shape index (κ3) is 5.17. The molecule has 0 radical (unpaired) electrons. The molecular weight excluding hydrogens is 381 g/mol. The Morgan fingerprint density at radius 1 is 1.22 bits per heavy atom. The molecule has 0 N–H and O–H groups in total. The minimum absolute atomic E-state index is 0.0369. The lowest BCUT2D eigenvalue weighted by Gasteiger charge is -2.16. The Labute approximate surface area is 168 Å². The van der Waals surface area contributed by atoms with Gasteiger partial charge in [-0.05, 0) is 47.4 Å². The Morgan fingerprint density at radius 3 is 2.63 bits per heavy atom. The molecule has 6 heteroatoms. The molecule has 1 saturated heterocycles. The highest BCUT2D eigenvalue weighted by molar-refractivity contribution is 8.26. The number of thioether (sulfide) groups is 1. The molecule has 140 valence electrons. The van der Waals surface area contributed by atoms with E-state index in [4.69, 9.17) is 17.0 Å². The van der Waals surface area contributed by atoms with E-state index < -0.39 is 0 Å². The molecule has 1 aliphatic rings. The van der Waals surface area contributed by atoms with Crippen LogP contribution in [-0.2, 0) is 11.4 Å². The first-order chi connectivity index (χ1) is 12.9. The van der Waals surface area contributed by atoms with E-state index >= 15 is 0 Å². The lowest BCUT2D eigenvalue weighted by Crippen LogP contribution is -2.31. The van der Waals surface area contributed by atoms with E-state index in [0.29, 0.717) is 34.0 Å². The van der Waals surface area contributed by atoms with Crippen molar-refractivity contribution in [3.63, 3.8) is 0 Å². The highest BCUT2D eigenvalue weighted by atomic mass is 32.2. The first-order valence-electron chi connectivity index (χ1n) is 8.65. The summed E-state index contributed by atoms with van der Waals surface area (Å²) in [7, 11) is 0. The molecule has 2 aromatic rings. The van der Waals surface area contributed by atoms with Gasteiger partial charge in [0.05, 0.1) is 4.91 Å². The molecule has 1 amide bonds. The predicted molar refractivity (Wildman–Crippen MR) is 112 cm³/mol. The van der Waals surface area contributed by atoms with Gasteiger partial charge in [-0.1, -0.05) is 62.1 Å². The largest absolute Gasteiger partial charge is 0.489 e. The smallest absolute Gasteiger partial charge is 0.266 e. The highest BCUT2D eigenvalue weighted by Gasteiger charge is 2.32. The van der Waals surface area contributed by atoms with Crippen molar-refractivity contribution in [1.29, 1.82) is 0 Å². The molecule has 0 aromatic heterocycles. The van der Waals surface area contributed by atoms with Gasteiger partial charge in [-0.15, -0.1) is 0 Å². The van der Waals surface area contributed by atoms with Crippen molar-refractivity contribution in [3.8, 4) is 5.75 Å². The van der Waals surface area contributed by atoms with Crippen molar-refractivity contribution in [2.75, 3.05) is 6.54 Å². The number of hydrogen-bond acceptors (Lipinski definition) is 4. The van der Waals surface area contributed by atoms with E-state index in [1.807, 2.05) is 36.4 Å². The Hall–Kier alpha value is -2.18. The maximum atomic E-state index is 13.2. The van der Waals surface area contributed by atoms with Gasteiger partial charge in [0.2, 0.25) is 0 Å². The fourth-order valence-electron chi connectivity index (χ4n) is 2.63. The second-order valence-electron chi connectivity index (χ2n) is 6.67. The monoisotopic (exact) mass is 401 g/mol. The van der Waals surface area contributed by atoms with Gasteiger partial charge < -0.3 is 4.74 Å². The number of halogens is 1. The summed E-state index contributed by atoms with van der Waals surface area (Å²) >= 11 is 6.65. The maximum Gasteiger partial charge on any atom is 0.266 e. The molecule has 0 aliphatic carbocycles. The summed E-state index contributed by atoms with van der Waals surface area (Å²) in [5, 5.41) is 0. The third-order valence-electron chi connectivity index (χ3n) is 3.89. The number of amides is 1. The van der Waals surface area contributed by atoms with Crippen molar-refractivity contribution < 1.29 is 13.9 Å². The van der Waals surface area contributed by atoms with Crippen LogP contribution in [0.25, 0.3) is 6.08 Å². The van der Waals surface area contributed by atoms with Crippen LogP contribution in [0.4, 0.5) is 4.39 Å². The van der Waals surface area contributed by atoms with Crippen LogP contribution in [0.2, 0.25) is 0 Å². The number of ether oxygens (including phenoxy) is 1. The normalized spacial score (nSPS) is 15.9. The lowest BCUT2D eigenvalue weighted by molar-refractivity contribution is -0.122. The predicted octanol–water partition coefficient (Wildman–Crippen LogP) is 5.26. The maximum absolute atomic E-state index is 13.2. The van der Waals surface area contributed by atoms with E-state index in [1.54, 1.807) is 11.0 Å². The number of carbonyl (C=O) groups excluding carboxylic acids is 1. The Kier molecular flexibility index (Phi) is 6.29. The van der Waals surface area contributed by atoms with Crippen molar-refractivity contribution in [3.05, 3.63) is 70.4 Å². The van der Waals surface area contributed by atoms with Crippen LogP contribution in [-0.4, -0.2) is 21.7 Å². The molecular formula is C21H20FNO2S2. The number of carbonyl (C=O) groups is 1. The van der Waals surface area contributed by atoms with E-state index in [9.17, 15) is 9.18 Å². The zero-order valence-corrected chi connectivity index (χ0v) is 16.8. The van der Waals surface area contributed by atoms with Crippen molar-refractivity contribution in [2.24, 2.45) is 5.92 Å². The first kappa shape index (κ1) is 19.6. The molecule has 1 fully saturated rings.